The van der Waals surface area contributed by atoms with Crippen molar-refractivity contribution in [2.45, 2.75) is 33.3 Å². The van der Waals surface area contributed by atoms with Crippen LogP contribution >= 0.6 is 0 Å². The highest BCUT2D eigenvalue weighted by Crippen LogP contribution is 2.39. The Balaban J connectivity index is 2.95. The third-order valence-corrected chi connectivity index (χ3v) is 2.77. The van der Waals surface area contributed by atoms with E-state index in [-0.39, 0.29) is 23.4 Å². The van der Waals surface area contributed by atoms with Gasteiger partial charge in [0.25, 0.3) is 0 Å². The van der Waals surface area contributed by atoms with E-state index in [2.05, 4.69) is 0 Å². The molecule has 0 radical (unpaired) electrons. The van der Waals surface area contributed by atoms with Gasteiger partial charge in [-0.3, -0.25) is 4.79 Å². The van der Waals surface area contributed by atoms with Crippen molar-refractivity contribution in [2.24, 2.45) is 5.41 Å². The maximum Gasteiger partial charge on any atom is 0.166 e. The second-order valence-corrected chi connectivity index (χ2v) is 3.85. The van der Waals surface area contributed by atoms with E-state index in [0.29, 0.717) is 0 Å². The van der Waals surface area contributed by atoms with E-state index < -0.39 is 0 Å². The number of carbonyl (C=O) groups is 1. The van der Waals surface area contributed by atoms with Crippen molar-refractivity contribution in [1.82, 2.24) is 0 Å². The summed E-state index contributed by atoms with van der Waals surface area (Å²) in [6, 6.07) is 0. The predicted molar refractivity (Wildman–Crippen MR) is 38.8 cm³/mol. The van der Waals surface area contributed by atoms with Gasteiger partial charge in [-0.1, -0.05) is 13.8 Å². The van der Waals surface area contributed by atoms with E-state index >= 15 is 0 Å². The van der Waals surface area contributed by atoms with Crippen LogP contribution in [0, 0.1) is 5.41 Å². The van der Waals surface area contributed by atoms with Crippen LogP contribution in [-0.2, 0) is 9.53 Å². The molecule has 1 saturated heterocycles. The first kappa shape index (κ1) is 7.73. The first-order valence-electron chi connectivity index (χ1n) is 3.55. The summed E-state index contributed by atoms with van der Waals surface area (Å²) in [5, 5.41) is 0. The zero-order valence-electron chi connectivity index (χ0n) is 7.02. The Morgan fingerprint density at radius 1 is 1.30 bits per heavy atom. The third-order valence-electron chi connectivity index (χ3n) is 2.77. The highest BCUT2D eigenvalue weighted by molar-refractivity contribution is 5.88. The molecule has 1 rings (SSSR count). The van der Waals surface area contributed by atoms with E-state index in [0.717, 1.165) is 0 Å². The normalized spacial score (nSPS) is 29.0. The molecular weight excluding hydrogens is 128 g/mol. The number of hydrogen-bond donors (Lipinski definition) is 0. The van der Waals surface area contributed by atoms with Crippen molar-refractivity contribution >= 4 is 5.78 Å². The van der Waals surface area contributed by atoms with Crippen LogP contribution in [0.2, 0.25) is 0 Å². The highest BCUT2D eigenvalue weighted by Gasteiger charge is 2.49. The monoisotopic (exact) mass is 142 g/mol. The summed E-state index contributed by atoms with van der Waals surface area (Å²) in [6.07, 6.45) is 0. The molecule has 1 aliphatic heterocycles. The van der Waals surface area contributed by atoms with Crippen LogP contribution in [0.3, 0.4) is 0 Å². The molecule has 0 amide bonds. The molecule has 0 bridgehead atoms. The van der Waals surface area contributed by atoms with Gasteiger partial charge in [-0.25, -0.2) is 0 Å². The number of ether oxygens (including phenoxy) is 1. The molecule has 0 N–H and O–H groups in total. The number of rotatable bonds is 0. The molecule has 0 unspecified atom stereocenters. The molecule has 58 valence electrons. The van der Waals surface area contributed by atoms with Crippen LogP contribution in [0.15, 0.2) is 0 Å². The lowest BCUT2D eigenvalue weighted by Gasteiger charge is -2.30. The summed E-state index contributed by atoms with van der Waals surface area (Å²) >= 11 is 0. The minimum atomic E-state index is -0.312. The SMILES string of the molecule is CC1(C)OCC(=O)C1(C)C. The molecule has 10 heavy (non-hydrogen) atoms. The van der Waals surface area contributed by atoms with Crippen molar-refractivity contribution in [2.75, 3.05) is 6.61 Å². The summed E-state index contributed by atoms with van der Waals surface area (Å²) in [5.41, 5.74) is -0.600. The lowest BCUT2D eigenvalue weighted by atomic mass is 9.76. The first-order valence-corrected chi connectivity index (χ1v) is 3.55. The van der Waals surface area contributed by atoms with Gasteiger partial charge in [-0.2, -0.15) is 0 Å². The van der Waals surface area contributed by atoms with Crippen molar-refractivity contribution < 1.29 is 9.53 Å². The van der Waals surface area contributed by atoms with Gasteiger partial charge >= 0.3 is 0 Å². The lowest BCUT2D eigenvalue weighted by Crippen LogP contribution is -2.38. The largest absolute Gasteiger partial charge is 0.367 e. The Labute approximate surface area is 61.6 Å². The molecule has 0 saturated carbocycles. The van der Waals surface area contributed by atoms with E-state index in [1.165, 1.54) is 0 Å². The second kappa shape index (κ2) is 1.82. The van der Waals surface area contributed by atoms with E-state index in [4.69, 9.17) is 4.74 Å². The van der Waals surface area contributed by atoms with Gasteiger partial charge in [-0.05, 0) is 13.8 Å². The Hall–Kier alpha value is -0.370. The number of Topliss-reactive ketones (excluding diaryl/α,β-unsaturated/α-hetero) is 1. The van der Waals surface area contributed by atoms with Crippen LogP contribution in [0.25, 0.3) is 0 Å². The summed E-state index contributed by atoms with van der Waals surface area (Å²) in [6.45, 7) is 8.06. The van der Waals surface area contributed by atoms with Crippen LogP contribution in [0.4, 0.5) is 0 Å². The average molecular weight is 142 g/mol. The zero-order chi connectivity index (χ0) is 7.99. The van der Waals surface area contributed by atoms with Gasteiger partial charge in [0.2, 0.25) is 0 Å². The minimum absolute atomic E-state index is 0.206. The fourth-order valence-corrected chi connectivity index (χ4v) is 0.943. The lowest BCUT2D eigenvalue weighted by molar-refractivity contribution is -0.124. The fourth-order valence-electron chi connectivity index (χ4n) is 0.943. The predicted octanol–water partition coefficient (Wildman–Crippen LogP) is 1.39. The molecular formula is C8H14O2. The van der Waals surface area contributed by atoms with E-state index in [1.54, 1.807) is 0 Å². The molecule has 2 heteroatoms. The molecule has 0 atom stereocenters. The van der Waals surface area contributed by atoms with Gasteiger partial charge in [0, 0.05) is 0 Å². The zero-order valence-corrected chi connectivity index (χ0v) is 7.02. The smallest absolute Gasteiger partial charge is 0.166 e. The Bertz CT molecular complexity index is 168. The van der Waals surface area contributed by atoms with Gasteiger partial charge in [-0.15, -0.1) is 0 Å². The minimum Gasteiger partial charge on any atom is -0.367 e. The maximum absolute atomic E-state index is 11.2. The third kappa shape index (κ3) is 0.788. The topological polar surface area (TPSA) is 26.3 Å². The molecule has 0 spiro atoms. The molecule has 0 aromatic carbocycles. The Morgan fingerprint density at radius 3 is 1.90 bits per heavy atom. The standard InChI is InChI=1S/C8H14O2/c1-7(2)6(9)5-10-8(7,3)4/h5H2,1-4H3. The van der Waals surface area contributed by atoms with E-state index in [9.17, 15) is 4.79 Å². The number of hydrogen-bond acceptors (Lipinski definition) is 2. The van der Waals surface area contributed by atoms with Crippen molar-refractivity contribution in [1.29, 1.82) is 0 Å². The summed E-state index contributed by atoms with van der Waals surface area (Å²) in [5.74, 6) is 0.206. The van der Waals surface area contributed by atoms with Crippen LogP contribution < -0.4 is 0 Å². The molecule has 0 aromatic rings. The maximum atomic E-state index is 11.2. The second-order valence-electron chi connectivity index (χ2n) is 3.85. The molecule has 1 aliphatic rings. The van der Waals surface area contributed by atoms with Gasteiger partial charge < -0.3 is 4.74 Å². The van der Waals surface area contributed by atoms with Gasteiger partial charge in [0.1, 0.15) is 6.61 Å². The number of ketones is 1. The highest BCUT2D eigenvalue weighted by atomic mass is 16.5. The average Bonchev–Trinajstić information content (AvgIpc) is 1.94. The molecule has 0 aromatic heterocycles. The Kier molecular flexibility index (Phi) is 1.40. The first-order chi connectivity index (χ1) is 4.38. The summed E-state index contributed by atoms with van der Waals surface area (Å²) in [7, 11) is 0. The van der Waals surface area contributed by atoms with Crippen LogP contribution in [0.1, 0.15) is 27.7 Å². The molecule has 0 aliphatic carbocycles. The summed E-state index contributed by atoms with van der Waals surface area (Å²) < 4.78 is 5.32. The van der Waals surface area contributed by atoms with Crippen LogP contribution in [0.5, 0.6) is 0 Å². The van der Waals surface area contributed by atoms with Crippen molar-refractivity contribution in [3.8, 4) is 0 Å². The van der Waals surface area contributed by atoms with Crippen molar-refractivity contribution in [3.63, 3.8) is 0 Å². The van der Waals surface area contributed by atoms with Gasteiger partial charge in [0.05, 0.1) is 11.0 Å². The molecule has 1 heterocycles. The number of carbonyl (C=O) groups excluding carboxylic acids is 1. The Morgan fingerprint density at radius 2 is 1.80 bits per heavy atom. The molecule has 2 nitrogen and oxygen atoms in total. The summed E-state index contributed by atoms with van der Waals surface area (Å²) in [4.78, 5) is 11.2. The van der Waals surface area contributed by atoms with Crippen LogP contribution in [-0.4, -0.2) is 18.0 Å². The van der Waals surface area contributed by atoms with Gasteiger partial charge in [0.15, 0.2) is 5.78 Å². The molecule has 1 fully saturated rings. The van der Waals surface area contributed by atoms with Crippen molar-refractivity contribution in [3.05, 3.63) is 0 Å². The van der Waals surface area contributed by atoms with E-state index in [1.807, 2.05) is 27.7 Å². The quantitative estimate of drug-likeness (QED) is 0.511. The fraction of sp³-hybridized carbons (Fsp3) is 0.875.